The van der Waals surface area contributed by atoms with Gasteiger partial charge in [0.25, 0.3) is 0 Å². The average molecular weight is 115 g/mol. The molecule has 0 aromatic rings. The molecule has 0 saturated carbocycles. The first-order valence-corrected chi connectivity index (χ1v) is 3.25. The highest BCUT2D eigenvalue weighted by Gasteiger charge is 2.33. The number of aliphatic hydroxyl groups is 1. The van der Waals surface area contributed by atoms with Crippen LogP contribution in [0.2, 0.25) is 0 Å². The monoisotopic (exact) mass is 115 g/mol. The fraction of sp³-hybridized carbons (Fsp3) is 1.00. The second-order valence-corrected chi connectivity index (χ2v) is 2.35. The van der Waals surface area contributed by atoms with Gasteiger partial charge >= 0.3 is 0 Å². The minimum Gasteiger partial charge on any atom is -0.395 e. The third-order valence-corrected chi connectivity index (χ3v) is 1.60. The second-order valence-electron chi connectivity index (χ2n) is 2.35. The minimum atomic E-state index is 0.310. The third kappa shape index (κ3) is 1.20. The predicted octanol–water partition coefficient (Wildman–Crippen LogP) is 0.119. The molecule has 0 spiro atoms. The van der Waals surface area contributed by atoms with Crippen LogP contribution in [0.1, 0.15) is 19.8 Å². The molecule has 2 heteroatoms. The Bertz CT molecular complexity index is 74.9. The average Bonchev–Trinajstić information content (AvgIpc) is 2.48. The second kappa shape index (κ2) is 2.46. The molecule has 2 N–H and O–H groups in total. The first kappa shape index (κ1) is 6.05. The first-order valence-electron chi connectivity index (χ1n) is 3.25. The van der Waals surface area contributed by atoms with Crippen molar-refractivity contribution in [2.45, 2.75) is 31.8 Å². The number of hydrogen-bond donors (Lipinski definition) is 2. The lowest BCUT2D eigenvalue weighted by molar-refractivity contribution is 0.293. The van der Waals surface area contributed by atoms with Crippen LogP contribution in [0.5, 0.6) is 0 Å². The van der Waals surface area contributed by atoms with Crippen molar-refractivity contribution in [3.63, 3.8) is 0 Å². The fourth-order valence-corrected chi connectivity index (χ4v) is 0.995. The SMILES string of the molecule is CCC[C@@H]1N[C@H]1CO. The molecule has 1 rings (SSSR count). The van der Waals surface area contributed by atoms with E-state index < -0.39 is 0 Å². The molecule has 2 atom stereocenters. The Hall–Kier alpha value is -0.0800. The molecule has 0 bridgehead atoms. The van der Waals surface area contributed by atoms with Crippen molar-refractivity contribution in [2.24, 2.45) is 0 Å². The lowest BCUT2D eigenvalue weighted by atomic mass is 10.2. The lowest BCUT2D eigenvalue weighted by Crippen LogP contribution is -1.98. The molecule has 8 heavy (non-hydrogen) atoms. The first-order chi connectivity index (χ1) is 3.88. The van der Waals surface area contributed by atoms with E-state index in [9.17, 15) is 0 Å². The van der Waals surface area contributed by atoms with Crippen LogP contribution in [0, 0.1) is 0 Å². The van der Waals surface area contributed by atoms with Gasteiger partial charge in [0.15, 0.2) is 0 Å². The van der Waals surface area contributed by atoms with Gasteiger partial charge in [-0.15, -0.1) is 0 Å². The summed E-state index contributed by atoms with van der Waals surface area (Å²) in [5.41, 5.74) is 0. The maximum atomic E-state index is 8.54. The smallest absolute Gasteiger partial charge is 0.0599 e. The van der Waals surface area contributed by atoms with Gasteiger partial charge in [-0.3, -0.25) is 0 Å². The van der Waals surface area contributed by atoms with E-state index in [1.165, 1.54) is 12.8 Å². The Kier molecular flexibility index (Phi) is 1.86. The van der Waals surface area contributed by atoms with Gasteiger partial charge in [0.2, 0.25) is 0 Å². The summed E-state index contributed by atoms with van der Waals surface area (Å²) in [4.78, 5) is 0. The van der Waals surface area contributed by atoms with Crippen molar-refractivity contribution < 1.29 is 5.11 Å². The van der Waals surface area contributed by atoms with Crippen LogP contribution in [0.25, 0.3) is 0 Å². The van der Waals surface area contributed by atoms with E-state index >= 15 is 0 Å². The molecule has 1 saturated heterocycles. The van der Waals surface area contributed by atoms with Gasteiger partial charge in [-0.05, 0) is 6.42 Å². The van der Waals surface area contributed by atoms with Crippen molar-refractivity contribution in [3.8, 4) is 0 Å². The predicted molar refractivity (Wildman–Crippen MR) is 32.7 cm³/mol. The lowest BCUT2D eigenvalue weighted by Gasteiger charge is -1.86. The normalized spacial score (nSPS) is 35.2. The van der Waals surface area contributed by atoms with Crippen molar-refractivity contribution in [3.05, 3.63) is 0 Å². The quantitative estimate of drug-likeness (QED) is 0.513. The molecule has 1 fully saturated rings. The maximum Gasteiger partial charge on any atom is 0.0599 e. The van der Waals surface area contributed by atoms with Gasteiger partial charge in [-0.2, -0.15) is 0 Å². The minimum absolute atomic E-state index is 0.310. The van der Waals surface area contributed by atoms with Gasteiger partial charge in [0.05, 0.1) is 6.61 Å². The number of aliphatic hydroxyl groups excluding tert-OH is 1. The molecular formula is C6H13NO. The van der Waals surface area contributed by atoms with Crippen LogP contribution in [0.4, 0.5) is 0 Å². The van der Waals surface area contributed by atoms with Crippen LogP contribution in [-0.2, 0) is 0 Å². The zero-order chi connectivity index (χ0) is 5.98. The fourth-order valence-electron chi connectivity index (χ4n) is 0.995. The van der Waals surface area contributed by atoms with E-state index in [-0.39, 0.29) is 0 Å². The molecule has 1 aliphatic rings. The molecule has 0 aromatic heterocycles. The molecular weight excluding hydrogens is 102 g/mol. The summed E-state index contributed by atoms with van der Waals surface area (Å²) in [7, 11) is 0. The summed E-state index contributed by atoms with van der Waals surface area (Å²) in [5, 5.41) is 11.7. The molecule has 0 unspecified atom stereocenters. The van der Waals surface area contributed by atoms with Crippen molar-refractivity contribution in [2.75, 3.05) is 6.61 Å². The number of rotatable bonds is 3. The molecule has 0 amide bonds. The third-order valence-electron chi connectivity index (χ3n) is 1.60. The summed E-state index contributed by atoms with van der Waals surface area (Å²) in [6, 6.07) is 1.06. The summed E-state index contributed by atoms with van der Waals surface area (Å²) in [6.07, 6.45) is 2.43. The van der Waals surface area contributed by atoms with Crippen LogP contribution in [0.15, 0.2) is 0 Å². The topological polar surface area (TPSA) is 42.2 Å². The Balaban J connectivity index is 1.99. The van der Waals surface area contributed by atoms with Gasteiger partial charge < -0.3 is 10.4 Å². The van der Waals surface area contributed by atoms with Crippen LogP contribution in [0.3, 0.4) is 0 Å². The van der Waals surface area contributed by atoms with E-state index in [1.54, 1.807) is 0 Å². The summed E-state index contributed by atoms with van der Waals surface area (Å²) in [6.45, 7) is 2.47. The standard InChI is InChI=1S/C6H13NO/c1-2-3-5-6(4-8)7-5/h5-8H,2-4H2,1H3/t5-,6-/m0/s1. The molecule has 48 valence electrons. The number of nitrogens with one attached hydrogen (secondary N) is 1. The highest BCUT2D eigenvalue weighted by atomic mass is 16.3. The van der Waals surface area contributed by atoms with Gasteiger partial charge in [-0.1, -0.05) is 13.3 Å². The highest BCUT2D eigenvalue weighted by molar-refractivity contribution is 4.96. The summed E-state index contributed by atoms with van der Waals surface area (Å²) in [5.74, 6) is 0. The Morgan fingerprint density at radius 1 is 1.50 bits per heavy atom. The van der Waals surface area contributed by atoms with Crippen molar-refractivity contribution in [1.82, 2.24) is 5.32 Å². The zero-order valence-corrected chi connectivity index (χ0v) is 5.22. The maximum absolute atomic E-state index is 8.54. The molecule has 0 radical (unpaired) electrons. The highest BCUT2D eigenvalue weighted by Crippen LogP contribution is 2.14. The van der Waals surface area contributed by atoms with E-state index in [0.29, 0.717) is 18.7 Å². The van der Waals surface area contributed by atoms with Crippen molar-refractivity contribution in [1.29, 1.82) is 0 Å². The zero-order valence-electron chi connectivity index (χ0n) is 5.22. The van der Waals surface area contributed by atoms with E-state index in [0.717, 1.165) is 0 Å². The molecule has 2 nitrogen and oxygen atoms in total. The largest absolute Gasteiger partial charge is 0.395 e. The molecule has 1 aliphatic heterocycles. The summed E-state index contributed by atoms with van der Waals surface area (Å²) >= 11 is 0. The van der Waals surface area contributed by atoms with Gasteiger partial charge in [0, 0.05) is 12.1 Å². The molecule has 0 aromatic carbocycles. The van der Waals surface area contributed by atoms with Crippen LogP contribution in [-0.4, -0.2) is 23.8 Å². The van der Waals surface area contributed by atoms with Gasteiger partial charge in [-0.25, -0.2) is 0 Å². The van der Waals surface area contributed by atoms with E-state index in [4.69, 9.17) is 5.11 Å². The summed E-state index contributed by atoms with van der Waals surface area (Å²) < 4.78 is 0. The van der Waals surface area contributed by atoms with E-state index in [1.807, 2.05) is 0 Å². The molecule has 0 aliphatic carbocycles. The van der Waals surface area contributed by atoms with Gasteiger partial charge in [0.1, 0.15) is 0 Å². The van der Waals surface area contributed by atoms with Crippen molar-refractivity contribution >= 4 is 0 Å². The molecule has 1 heterocycles. The Labute approximate surface area is 49.9 Å². The Morgan fingerprint density at radius 3 is 2.62 bits per heavy atom. The van der Waals surface area contributed by atoms with Crippen LogP contribution < -0.4 is 5.32 Å². The van der Waals surface area contributed by atoms with Crippen LogP contribution >= 0.6 is 0 Å². The Morgan fingerprint density at radius 2 is 2.25 bits per heavy atom. The van der Waals surface area contributed by atoms with E-state index in [2.05, 4.69) is 12.2 Å². The number of hydrogen-bond acceptors (Lipinski definition) is 2.